The zero-order chi connectivity index (χ0) is 9.30. The van der Waals surface area contributed by atoms with E-state index in [4.69, 9.17) is 10.2 Å². The molecule has 1 rings (SSSR count). The first-order chi connectivity index (χ1) is 5.54. The fraction of sp³-hybridized carbons (Fsp3) is 0.714. The molecule has 0 aromatic rings. The SMILES string of the molecule is CN1C(C(=O)O)CC[C@H]1C(=O)O. The second-order valence-corrected chi connectivity index (χ2v) is 2.95. The van der Waals surface area contributed by atoms with Gasteiger partial charge in [-0.15, -0.1) is 0 Å². The van der Waals surface area contributed by atoms with Gasteiger partial charge in [0.15, 0.2) is 0 Å². The van der Waals surface area contributed by atoms with Crippen LogP contribution < -0.4 is 0 Å². The fourth-order valence-electron chi connectivity index (χ4n) is 1.54. The van der Waals surface area contributed by atoms with E-state index in [1.165, 1.54) is 11.9 Å². The quantitative estimate of drug-likeness (QED) is 0.595. The molecule has 0 radical (unpaired) electrons. The zero-order valence-corrected chi connectivity index (χ0v) is 6.73. The molecular formula is C7H11NO4. The van der Waals surface area contributed by atoms with E-state index in [-0.39, 0.29) is 0 Å². The van der Waals surface area contributed by atoms with Crippen LogP contribution in [0.3, 0.4) is 0 Å². The molecule has 68 valence electrons. The van der Waals surface area contributed by atoms with Gasteiger partial charge in [-0.05, 0) is 19.9 Å². The number of carboxylic acids is 2. The maximum absolute atomic E-state index is 10.5. The molecule has 5 heteroatoms. The highest BCUT2D eigenvalue weighted by Gasteiger charge is 2.38. The van der Waals surface area contributed by atoms with E-state index in [1.54, 1.807) is 0 Å². The molecule has 1 aliphatic rings. The molecule has 0 aromatic heterocycles. The van der Waals surface area contributed by atoms with Crippen molar-refractivity contribution in [1.29, 1.82) is 0 Å². The summed E-state index contributed by atoms with van der Waals surface area (Å²) in [6.07, 6.45) is 0.839. The van der Waals surface area contributed by atoms with Crippen LogP contribution in [0.1, 0.15) is 12.8 Å². The summed E-state index contributed by atoms with van der Waals surface area (Å²) in [7, 11) is 1.53. The second-order valence-electron chi connectivity index (χ2n) is 2.95. The molecule has 5 nitrogen and oxygen atoms in total. The third-order valence-corrected chi connectivity index (χ3v) is 2.27. The lowest BCUT2D eigenvalue weighted by Crippen LogP contribution is -2.41. The molecule has 1 unspecified atom stereocenters. The minimum atomic E-state index is -0.943. The van der Waals surface area contributed by atoms with Crippen LogP contribution in [0.15, 0.2) is 0 Å². The third kappa shape index (κ3) is 1.40. The average molecular weight is 173 g/mol. The Balaban J connectivity index is 2.67. The number of hydrogen-bond acceptors (Lipinski definition) is 3. The van der Waals surface area contributed by atoms with Crippen LogP contribution in [0.25, 0.3) is 0 Å². The highest BCUT2D eigenvalue weighted by molar-refractivity contribution is 5.79. The zero-order valence-electron chi connectivity index (χ0n) is 6.73. The minimum absolute atomic E-state index is 0.419. The van der Waals surface area contributed by atoms with Crippen molar-refractivity contribution in [3.8, 4) is 0 Å². The van der Waals surface area contributed by atoms with Crippen molar-refractivity contribution in [2.24, 2.45) is 0 Å². The molecule has 1 saturated heterocycles. The van der Waals surface area contributed by atoms with Gasteiger partial charge in [-0.1, -0.05) is 0 Å². The van der Waals surface area contributed by atoms with Crippen molar-refractivity contribution < 1.29 is 19.8 Å². The Labute approximate surface area is 69.6 Å². The van der Waals surface area contributed by atoms with Gasteiger partial charge in [-0.25, -0.2) is 0 Å². The Morgan fingerprint density at radius 3 is 1.67 bits per heavy atom. The van der Waals surface area contributed by atoms with Crippen molar-refractivity contribution in [1.82, 2.24) is 4.90 Å². The van der Waals surface area contributed by atoms with Crippen LogP contribution >= 0.6 is 0 Å². The topological polar surface area (TPSA) is 77.8 Å². The Bertz CT molecular complexity index is 193. The van der Waals surface area contributed by atoms with Crippen LogP contribution in [0.2, 0.25) is 0 Å². The predicted molar refractivity (Wildman–Crippen MR) is 39.8 cm³/mol. The number of likely N-dealkylation sites (tertiary alicyclic amines) is 1. The minimum Gasteiger partial charge on any atom is -0.480 e. The maximum Gasteiger partial charge on any atom is 0.320 e. The highest BCUT2D eigenvalue weighted by atomic mass is 16.4. The Morgan fingerprint density at radius 2 is 1.50 bits per heavy atom. The van der Waals surface area contributed by atoms with Crippen molar-refractivity contribution >= 4 is 11.9 Å². The van der Waals surface area contributed by atoms with E-state index < -0.39 is 24.0 Å². The van der Waals surface area contributed by atoms with E-state index in [9.17, 15) is 9.59 Å². The van der Waals surface area contributed by atoms with Crippen LogP contribution in [0.5, 0.6) is 0 Å². The van der Waals surface area contributed by atoms with Gasteiger partial charge in [0.1, 0.15) is 12.1 Å². The van der Waals surface area contributed by atoms with Gasteiger partial charge in [0.25, 0.3) is 0 Å². The molecule has 0 saturated carbocycles. The summed E-state index contributed by atoms with van der Waals surface area (Å²) in [6.45, 7) is 0. The molecule has 0 bridgehead atoms. The lowest BCUT2D eigenvalue weighted by atomic mass is 10.2. The monoisotopic (exact) mass is 173 g/mol. The fourth-order valence-corrected chi connectivity index (χ4v) is 1.54. The molecule has 0 aliphatic carbocycles. The van der Waals surface area contributed by atoms with Crippen LogP contribution in [-0.4, -0.2) is 46.2 Å². The summed E-state index contributed by atoms with van der Waals surface area (Å²) in [5.74, 6) is -1.89. The molecule has 2 N–H and O–H groups in total. The van der Waals surface area contributed by atoms with E-state index in [2.05, 4.69) is 0 Å². The second kappa shape index (κ2) is 3.10. The molecule has 1 aliphatic heterocycles. The first-order valence-corrected chi connectivity index (χ1v) is 3.71. The highest BCUT2D eigenvalue weighted by Crippen LogP contribution is 2.22. The first kappa shape index (κ1) is 8.99. The van der Waals surface area contributed by atoms with E-state index >= 15 is 0 Å². The summed E-state index contributed by atoms with van der Waals surface area (Å²) in [4.78, 5) is 22.5. The van der Waals surface area contributed by atoms with Crippen molar-refractivity contribution in [3.63, 3.8) is 0 Å². The Morgan fingerprint density at radius 1 is 1.17 bits per heavy atom. The lowest BCUT2D eigenvalue weighted by Gasteiger charge is -2.19. The number of carbonyl (C=O) groups is 2. The van der Waals surface area contributed by atoms with Gasteiger partial charge in [-0.2, -0.15) is 0 Å². The average Bonchev–Trinajstić information content (AvgIpc) is 2.30. The Hall–Kier alpha value is -1.10. The standard InChI is InChI=1S/C7H11NO4/c1-8-4(6(9)10)2-3-5(8)7(11)12/h4-5H,2-3H2,1H3,(H,9,10)(H,11,12)/t4-,5?/m0/s1. The first-order valence-electron chi connectivity index (χ1n) is 3.71. The largest absolute Gasteiger partial charge is 0.480 e. The summed E-state index contributed by atoms with van der Waals surface area (Å²) < 4.78 is 0. The molecule has 2 atom stereocenters. The normalized spacial score (nSPS) is 30.4. The summed E-state index contributed by atoms with van der Waals surface area (Å²) >= 11 is 0. The van der Waals surface area contributed by atoms with E-state index in [1.807, 2.05) is 0 Å². The van der Waals surface area contributed by atoms with Gasteiger partial charge in [0.2, 0.25) is 0 Å². The number of hydrogen-bond donors (Lipinski definition) is 2. The van der Waals surface area contributed by atoms with Crippen LogP contribution in [0.4, 0.5) is 0 Å². The van der Waals surface area contributed by atoms with Crippen molar-refractivity contribution in [2.45, 2.75) is 24.9 Å². The molecule has 1 fully saturated rings. The van der Waals surface area contributed by atoms with Gasteiger partial charge in [-0.3, -0.25) is 14.5 Å². The third-order valence-electron chi connectivity index (χ3n) is 2.27. The molecule has 1 heterocycles. The molecule has 0 aromatic carbocycles. The summed E-state index contributed by atoms with van der Waals surface area (Å²) in [5, 5.41) is 17.3. The molecular weight excluding hydrogens is 162 g/mol. The Kier molecular flexibility index (Phi) is 2.32. The van der Waals surface area contributed by atoms with Gasteiger partial charge < -0.3 is 10.2 Å². The number of carboxylic acid groups (broad SMARTS) is 2. The predicted octanol–water partition coefficient (Wildman–Crippen LogP) is -0.382. The lowest BCUT2D eigenvalue weighted by molar-refractivity contribution is -0.145. The van der Waals surface area contributed by atoms with Gasteiger partial charge >= 0.3 is 11.9 Å². The smallest absolute Gasteiger partial charge is 0.320 e. The number of rotatable bonds is 2. The van der Waals surface area contributed by atoms with E-state index in [0.29, 0.717) is 12.8 Å². The summed E-state index contributed by atoms with van der Waals surface area (Å²) in [6, 6.07) is -1.27. The molecule has 0 amide bonds. The van der Waals surface area contributed by atoms with E-state index in [0.717, 1.165) is 0 Å². The van der Waals surface area contributed by atoms with Crippen molar-refractivity contribution in [3.05, 3.63) is 0 Å². The van der Waals surface area contributed by atoms with Crippen LogP contribution in [-0.2, 0) is 9.59 Å². The summed E-state index contributed by atoms with van der Waals surface area (Å²) in [5.41, 5.74) is 0. The number of aliphatic carboxylic acids is 2. The molecule has 12 heavy (non-hydrogen) atoms. The molecule has 0 spiro atoms. The maximum atomic E-state index is 10.5. The van der Waals surface area contributed by atoms with Crippen LogP contribution in [0, 0.1) is 0 Å². The van der Waals surface area contributed by atoms with Gasteiger partial charge in [0.05, 0.1) is 0 Å². The number of nitrogens with zero attached hydrogens (tertiary/aromatic N) is 1. The van der Waals surface area contributed by atoms with Crippen molar-refractivity contribution in [2.75, 3.05) is 7.05 Å². The number of likely N-dealkylation sites (N-methyl/N-ethyl adjacent to an activating group) is 1. The van der Waals surface area contributed by atoms with Gasteiger partial charge in [0, 0.05) is 0 Å².